The molecule has 5 nitrogen and oxygen atoms in total. The molecule has 0 unspecified atom stereocenters. The Morgan fingerprint density at radius 2 is 1.93 bits per heavy atom. The number of rotatable bonds is 8. The van der Waals surface area contributed by atoms with Gasteiger partial charge in [0.1, 0.15) is 11.8 Å². The number of carbonyl (C=O) groups excluding carboxylic acids is 2. The number of carbonyl (C=O) groups is 2. The first-order chi connectivity index (χ1) is 13.8. The Morgan fingerprint density at radius 1 is 1.21 bits per heavy atom. The molecular weight excluding hydrogens is 479 g/mol. The molecule has 156 valence electrons. The normalized spacial score (nSPS) is 11.7. The van der Waals surface area contributed by atoms with Gasteiger partial charge in [-0.05, 0) is 54.8 Å². The third kappa shape index (κ3) is 6.36. The van der Waals surface area contributed by atoms with E-state index < -0.39 is 6.04 Å². The van der Waals surface area contributed by atoms with E-state index in [1.165, 1.54) is 4.90 Å². The van der Waals surface area contributed by atoms with E-state index in [1.807, 2.05) is 26.0 Å². The van der Waals surface area contributed by atoms with Crippen molar-refractivity contribution in [1.82, 2.24) is 10.2 Å². The highest BCUT2D eigenvalue weighted by Gasteiger charge is 2.28. The van der Waals surface area contributed by atoms with Crippen LogP contribution in [0, 0.1) is 6.92 Å². The van der Waals surface area contributed by atoms with Crippen LogP contribution in [0.25, 0.3) is 0 Å². The van der Waals surface area contributed by atoms with Crippen molar-refractivity contribution in [3.05, 3.63) is 62.0 Å². The Labute approximate surface area is 189 Å². The van der Waals surface area contributed by atoms with Crippen LogP contribution in [0.3, 0.4) is 0 Å². The van der Waals surface area contributed by atoms with Gasteiger partial charge < -0.3 is 15.0 Å². The van der Waals surface area contributed by atoms with Gasteiger partial charge in [-0.25, -0.2) is 0 Å². The Hall–Kier alpha value is -1.76. The molecule has 0 aromatic heterocycles. The summed E-state index contributed by atoms with van der Waals surface area (Å²) in [6.07, 6.45) is 0.452. The Morgan fingerprint density at radius 3 is 2.52 bits per heavy atom. The first kappa shape index (κ1) is 23.5. The zero-order valence-corrected chi connectivity index (χ0v) is 19.6. The summed E-state index contributed by atoms with van der Waals surface area (Å²) >= 11 is 15.7. The molecule has 2 amide bonds. The minimum absolute atomic E-state index is 0.170. The largest absolute Gasteiger partial charge is 0.484 e. The quantitative estimate of drug-likeness (QED) is 0.553. The van der Waals surface area contributed by atoms with Crippen LogP contribution in [0.15, 0.2) is 40.9 Å². The average molecular weight is 502 g/mol. The first-order valence-corrected chi connectivity index (χ1v) is 10.7. The molecule has 2 aromatic rings. The lowest BCUT2D eigenvalue weighted by Gasteiger charge is -2.30. The fraction of sp³-hybridized carbons (Fsp3) is 0.333. The third-order valence-corrected chi connectivity index (χ3v) is 5.96. The second kappa shape index (κ2) is 10.9. The lowest BCUT2D eigenvalue weighted by Crippen LogP contribution is -2.49. The Kier molecular flexibility index (Phi) is 8.80. The van der Waals surface area contributed by atoms with Gasteiger partial charge in [-0.2, -0.15) is 0 Å². The number of nitrogens with one attached hydrogen (secondary N) is 1. The van der Waals surface area contributed by atoms with Crippen molar-refractivity contribution in [3.63, 3.8) is 0 Å². The van der Waals surface area contributed by atoms with Gasteiger partial charge in [0.2, 0.25) is 5.91 Å². The summed E-state index contributed by atoms with van der Waals surface area (Å²) in [6.45, 7) is 3.76. The minimum Gasteiger partial charge on any atom is -0.484 e. The van der Waals surface area contributed by atoms with E-state index >= 15 is 0 Å². The molecule has 0 fully saturated rings. The van der Waals surface area contributed by atoms with Crippen molar-refractivity contribution in [2.75, 3.05) is 13.7 Å². The fourth-order valence-electron chi connectivity index (χ4n) is 2.85. The monoisotopic (exact) mass is 500 g/mol. The van der Waals surface area contributed by atoms with Crippen LogP contribution >= 0.6 is 39.1 Å². The molecule has 0 aliphatic rings. The van der Waals surface area contributed by atoms with Gasteiger partial charge in [-0.3, -0.25) is 9.59 Å². The molecule has 0 bridgehead atoms. The molecular formula is C21H23BrCl2N2O3. The van der Waals surface area contributed by atoms with Crippen molar-refractivity contribution >= 4 is 50.9 Å². The van der Waals surface area contributed by atoms with E-state index in [-0.39, 0.29) is 25.0 Å². The second-order valence-corrected chi connectivity index (χ2v) is 8.19. The van der Waals surface area contributed by atoms with Gasteiger partial charge in [0.05, 0.1) is 0 Å². The minimum atomic E-state index is -0.644. The number of halogens is 3. The van der Waals surface area contributed by atoms with Crippen molar-refractivity contribution in [2.45, 2.75) is 32.9 Å². The number of hydrogen-bond donors (Lipinski definition) is 1. The van der Waals surface area contributed by atoms with E-state index in [0.717, 1.165) is 10.0 Å². The predicted octanol–water partition coefficient (Wildman–Crippen LogP) is 5.00. The molecule has 1 N–H and O–H groups in total. The maximum Gasteiger partial charge on any atom is 0.261 e. The molecule has 0 saturated carbocycles. The zero-order chi connectivity index (χ0) is 21.6. The summed E-state index contributed by atoms with van der Waals surface area (Å²) in [6, 6.07) is 9.90. The maximum absolute atomic E-state index is 13.0. The van der Waals surface area contributed by atoms with Crippen LogP contribution in [-0.4, -0.2) is 36.4 Å². The van der Waals surface area contributed by atoms with E-state index in [0.29, 0.717) is 27.8 Å². The molecule has 0 aliphatic heterocycles. The van der Waals surface area contributed by atoms with Gasteiger partial charge in [0.25, 0.3) is 5.91 Å². The summed E-state index contributed by atoms with van der Waals surface area (Å²) in [5, 5.41) is 3.56. The lowest BCUT2D eigenvalue weighted by atomic mass is 10.1. The van der Waals surface area contributed by atoms with Crippen LogP contribution in [0.4, 0.5) is 0 Å². The van der Waals surface area contributed by atoms with Crippen LogP contribution in [-0.2, 0) is 16.1 Å². The number of likely N-dealkylation sites (N-methyl/N-ethyl adjacent to an activating group) is 1. The number of nitrogens with zero attached hydrogens (tertiary/aromatic N) is 1. The molecule has 2 aromatic carbocycles. The molecule has 0 radical (unpaired) electrons. The Balaban J connectivity index is 2.23. The summed E-state index contributed by atoms with van der Waals surface area (Å²) in [4.78, 5) is 26.9. The SMILES string of the molecule is CC[C@H](C(=O)NC)N(Cc1ccc(Cl)cc1Cl)C(=O)COc1ccc(Br)c(C)c1. The summed E-state index contributed by atoms with van der Waals surface area (Å²) in [7, 11) is 1.55. The lowest BCUT2D eigenvalue weighted by molar-refractivity contribution is -0.142. The molecule has 0 spiro atoms. The number of hydrogen-bond acceptors (Lipinski definition) is 3. The van der Waals surface area contributed by atoms with Crippen molar-refractivity contribution in [3.8, 4) is 5.75 Å². The van der Waals surface area contributed by atoms with Crippen LogP contribution < -0.4 is 10.1 Å². The second-order valence-electron chi connectivity index (χ2n) is 6.50. The van der Waals surface area contributed by atoms with Gasteiger partial charge in [-0.1, -0.05) is 52.1 Å². The topological polar surface area (TPSA) is 58.6 Å². The number of benzene rings is 2. The van der Waals surface area contributed by atoms with Gasteiger partial charge in [-0.15, -0.1) is 0 Å². The van der Waals surface area contributed by atoms with E-state index in [4.69, 9.17) is 27.9 Å². The predicted molar refractivity (Wildman–Crippen MR) is 120 cm³/mol. The van der Waals surface area contributed by atoms with E-state index in [2.05, 4.69) is 21.2 Å². The van der Waals surface area contributed by atoms with Crippen LogP contribution in [0.5, 0.6) is 5.75 Å². The highest BCUT2D eigenvalue weighted by Crippen LogP contribution is 2.24. The molecule has 29 heavy (non-hydrogen) atoms. The van der Waals surface area contributed by atoms with Crippen LogP contribution in [0.2, 0.25) is 10.0 Å². The van der Waals surface area contributed by atoms with Gasteiger partial charge in [0.15, 0.2) is 6.61 Å². The molecule has 0 heterocycles. The number of aryl methyl sites for hydroxylation is 1. The first-order valence-electron chi connectivity index (χ1n) is 9.10. The average Bonchev–Trinajstić information content (AvgIpc) is 2.69. The number of ether oxygens (including phenoxy) is 1. The molecule has 8 heteroatoms. The smallest absolute Gasteiger partial charge is 0.261 e. The fourth-order valence-corrected chi connectivity index (χ4v) is 3.57. The van der Waals surface area contributed by atoms with Gasteiger partial charge >= 0.3 is 0 Å². The third-order valence-electron chi connectivity index (χ3n) is 4.48. The molecule has 1 atom stereocenters. The highest BCUT2D eigenvalue weighted by molar-refractivity contribution is 9.10. The molecule has 2 rings (SSSR count). The van der Waals surface area contributed by atoms with Crippen molar-refractivity contribution < 1.29 is 14.3 Å². The number of amides is 2. The van der Waals surface area contributed by atoms with E-state index in [1.54, 1.807) is 31.3 Å². The molecule has 0 aliphatic carbocycles. The van der Waals surface area contributed by atoms with Crippen LogP contribution in [0.1, 0.15) is 24.5 Å². The van der Waals surface area contributed by atoms with Crippen molar-refractivity contribution in [2.24, 2.45) is 0 Å². The summed E-state index contributed by atoms with van der Waals surface area (Å²) in [5.74, 6) is 0.0222. The highest BCUT2D eigenvalue weighted by atomic mass is 79.9. The Bertz CT molecular complexity index is 892. The molecule has 0 saturated heterocycles. The summed E-state index contributed by atoms with van der Waals surface area (Å²) < 4.78 is 6.64. The maximum atomic E-state index is 13.0. The van der Waals surface area contributed by atoms with E-state index in [9.17, 15) is 9.59 Å². The zero-order valence-electron chi connectivity index (χ0n) is 16.5. The standard InChI is InChI=1S/C21H23BrCl2N2O3/c1-4-19(21(28)25-3)26(11-14-5-6-15(23)10-18(14)24)20(27)12-29-16-7-8-17(22)13(2)9-16/h5-10,19H,4,11-12H2,1-3H3,(H,25,28)/t19-/m1/s1. The van der Waals surface area contributed by atoms with Gasteiger partial charge in [0, 0.05) is 28.1 Å². The van der Waals surface area contributed by atoms with Crippen molar-refractivity contribution in [1.29, 1.82) is 0 Å². The summed E-state index contributed by atoms with van der Waals surface area (Å²) in [5.41, 5.74) is 1.70.